The summed E-state index contributed by atoms with van der Waals surface area (Å²) >= 11 is 0. The van der Waals surface area contributed by atoms with E-state index in [-0.39, 0.29) is 0 Å². The number of nitrogens with zero attached hydrogens (tertiary/aromatic N) is 1. The van der Waals surface area contributed by atoms with Gasteiger partial charge < -0.3 is 0 Å². The van der Waals surface area contributed by atoms with Crippen molar-refractivity contribution in [1.29, 1.82) is 0 Å². The number of rotatable bonds is 0. The summed E-state index contributed by atoms with van der Waals surface area (Å²) in [5.74, 6) is 0. The summed E-state index contributed by atoms with van der Waals surface area (Å²) in [5.41, 5.74) is 3.87. The van der Waals surface area contributed by atoms with Gasteiger partial charge in [-0.1, -0.05) is 23.8 Å². The van der Waals surface area contributed by atoms with Crippen molar-refractivity contribution in [3.8, 4) is 0 Å². The van der Waals surface area contributed by atoms with Crippen LogP contribution in [-0.2, 0) is 6.42 Å². The maximum absolute atomic E-state index is 4.40. The Hall–Kier alpha value is -1.37. The normalized spacial score (nSPS) is 19.6. The van der Waals surface area contributed by atoms with E-state index in [2.05, 4.69) is 36.2 Å². The Labute approximate surface area is 78.8 Å². The molecule has 1 aromatic carbocycles. The fourth-order valence-electron chi connectivity index (χ4n) is 1.51. The molecule has 0 spiro atoms. The van der Waals surface area contributed by atoms with Crippen LogP contribution in [0.4, 0.5) is 5.69 Å². The highest BCUT2D eigenvalue weighted by atomic mass is 14.7. The van der Waals surface area contributed by atoms with Gasteiger partial charge in [0.15, 0.2) is 0 Å². The van der Waals surface area contributed by atoms with Gasteiger partial charge in [-0.3, -0.25) is 4.99 Å². The second-order valence-electron chi connectivity index (χ2n) is 3.42. The number of hydrogen-bond donors (Lipinski definition) is 0. The van der Waals surface area contributed by atoms with Gasteiger partial charge >= 0.3 is 0 Å². The third kappa shape index (κ3) is 1.86. The Morgan fingerprint density at radius 2 is 2.00 bits per heavy atom. The van der Waals surface area contributed by atoms with Gasteiger partial charge in [0.2, 0.25) is 0 Å². The highest BCUT2D eigenvalue weighted by Gasteiger charge is 2.01. The SMILES string of the molecule is C/C1=C\C=Nc2ccccc2CC1. The molecule has 2 rings (SSSR count). The molecule has 1 heterocycles. The van der Waals surface area contributed by atoms with Gasteiger partial charge in [0.25, 0.3) is 0 Å². The van der Waals surface area contributed by atoms with Gasteiger partial charge in [-0.25, -0.2) is 0 Å². The number of hydrogen-bond acceptors (Lipinski definition) is 1. The Morgan fingerprint density at radius 3 is 2.92 bits per heavy atom. The van der Waals surface area contributed by atoms with Crippen molar-refractivity contribution < 1.29 is 0 Å². The highest BCUT2D eigenvalue weighted by molar-refractivity contribution is 5.76. The molecule has 0 atom stereocenters. The van der Waals surface area contributed by atoms with E-state index < -0.39 is 0 Å². The van der Waals surface area contributed by atoms with Crippen LogP contribution in [0.2, 0.25) is 0 Å². The molecule has 1 nitrogen and oxygen atoms in total. The van der Waals surface area contributed by atoms with Gasteiger partial charge in [-0.2, -0.15) is 0 Å². The van der Waals surface area contributed by atoms with E-state index in [0.29, 0.717) is 0 Å². The average Bonchev–Trinajstić information content (AvgIpc) is 2.13. The zero-order valence-electron chi connectivity index (χ0n) is 7.83. The molecule has 0 unspecified atom stereocenters. The fraction of sp³-hybridized carbons (Fsp3) is 0.250. The van der Waals surface area contributed by atoms with Gasteiger partial charge in [0.05, 0.1) is 5.69 Å². The van der Waals surface area contributed by atoms with E-state index in [1.807, 2.05) is 12.3 Å². The lowest BCUT2D eigenvalue weighted by Gasteiger charge is -2.07. The Kier molecular flexibility index (Phi) is 2.26. The molecule has 0 fully saturated rings. The summed E-state index contributed by atoms with van der Waals surface area (Å²) in [6, 6.07) is 8.34. The van der Waals surface area contributed by atoms with E-state index in [1.54, 1.807) is 0 Å². The van der Waals surface area contributed by atoms with E-state index in [1.165, 1.54) is 11.1 Å². The molecule has 1 aliphatic rings. The van der Waals surface area contributed by atoms with Crippen LogP contribution in [0.5, 0.6) is 0 Å². The smallest absolute Gasteiger partial charge is 0.0661 e. The molecule has 13 heavy (non-hydrogen) atoms. The second-order valence-corrected chi connectivity index (χ2v) is 3.42. The minimum absolute atomic E-state index is 1.11. The lowest BCUT2D eigenvalue weighted by molar-refractivity contribution is 0.940. The number of aryl methyl sites for hydroxylation is 1. The quantitative estimate of drug-likeness (QED) is 0.568. The minimum Gasteiger partial charge on any atom is -0.257 e. The van der Waals surface area contributed by atoms with E-state index >= 15 is 0 Å². The Morgan fingerprint density at radius 1 is 1.15 bits per heavy atom. The van der Waals surface area contributed by atoms with Crippen LogP contribution in [0.25, 0.3) is 0 Å². The average molecular weight is 171 g/mol. The summed E-state index contributed by atoms with van der Waals surface area (Å²) in [5, 5.41) is 0. The predicted molar refractivity (Wildman–Crippen MR) is 56.7 cm³/mol. The van der Waals surface area contributed by atoms with E-state index in [0.717, 1.165) is 18.5 Å². The van der Waals surface area contributed by atoms with Crippen molar-refractivity contribution in [1.82, 2.24) is 0 Å². The zero-order valence-corrected chi connectivity index (χ0v) is 7.83. The largest absolute Gasteiger partial charge is 0.257 e. The number of benzene rings is 1. The Balaban J connectivity index is 2.40. The first kappa shape index (κ1) is 8.24. The van der Waals surface area contributed by atoms with Crippen LogP contribution in [-0.4, -0.2) is 6.21 Å². The molecule has 0 amide bonds. The third-order valence-corrected chi connectivity index (χ3v) is 2.35. The molecule has 0 bridgehead atoms. The molecule has 0 N–H and O–H groups in total. The monoisotopic (exact) mass is 171 g/mol. The topological polar surface area (TPSA) is 12.4 Å². The highest BCUT2D eigenvalue weighted by Crippen LogP contribution is 2.22. The maximum Gasteiger partial charge on any atom is 0.0661 e. The van der Waals surface area contributed by atoms with E-state index in [4.69, 9.17) is 0 Å². The number of aliphatic imine (C=N–C) groups is 1. The number of fused-ring (bicyclic) bond motifs is 1. The summed E-state index contributed by atoms with van der Waals surface area (Å²) in [6.07, 6.45) is 6.24. The van der Waals surface area contributed by atoms with Crippen molar-refractivity contribution in [2.75, 3.05) is 0 Å². The Bertz CT molecular complexity index is 361. The molecule has 0 saturated carbocycles. The first-order valence-electron chi connectivity index (χ1n) is 4.64. The minimum atomic E-state index is 1.11. The van der Waals surface area contributed by atoms with Crippen LogP contribution in [0.15, 0.2) is 40.9 Å². The first-order valence-corrected chi connectivity index (χ1v) is 4.64. The molecular weight excluding hydrogens is 158 g/mol. The fourth-order valence-corrected chi connectivity index (χ4v) is 1.51. The zero-order chi connectivity index (χ0) is 9.10. The number of para-hydroxylation sites is 1. The van der Waals surface area contributed by atoms with Crippen molar-refractivity contribution in [2.24, 2.45) is 4.99 Å². The molecule has 0 saturated heterocycles. The van der Waals surface area contributed by atoms with Gasteiger partial charge in [0.1, 0.15) is 0 Å². The van der Waals surface area contributed by atoms with Crippen molar-refractivity contribution in [3.63, 3.8) is 0 Å². The van der Waals surface area contributed by atoms with Gasteiger partial charge in [-0.05, 0) is 37.5 Å². The van der Waals surface area contributed by atoms with E-state index in [9.17, 15) is 0 Å². The summed E-state index contributed by atoms with van der Waals surface area (Å²) in [6.45, 7) is 2.15. The standard InChI is InChI=1S/C12H13N/c1-10-6-7-11-4-2-3-5-12(11)13-9-8-10/h2-5,8-9H,6-7H2,1H3/b10-8+,13-9?. The maximum atomic E-state index is 4.40. The summed E-state index contributed by atoms with van der Waals surface area (Å²) in [7, 11) is 0. The molecule has 0 aromatic heterocycles. The molecular formula is C12H13N. The van der Waals surface area contributed by atoms with Crippen LogP contribution >= 0.6 is 0 Å². The second kappa shape index (κ2) is 3.56. The van der Waals surface area contributed by atoms with Crippen LogP contribution in [0.3, 0.4) is 0 Å². The molecule has 66 valence electrons. The van der Waals surface area contributed by atoms with Crippen LogP contribution in [0.1, 0.15) is 18.9 Å². The van der Waals surface area contributed by atoms with Crippen LogP contribution < -0.4 is 0 Å². The lowest BCUT2D eigenvalue weighted by atomic mass is 10.0. The number of allylic oxidation sites excluding steroid dienone is 2. The van der Waals surface area contributed by atoms with Gasteiger partial charge in [0, 0.05) is 6.21 Å². The molecule has 1 aromatic rings. The molecule has 0 aliphatic carbocycles. The predicted octanol–water partition coefficient (Wildman–Crippen LogP) is 3.28. The van der Waals surface area contributed by atoms with Crippen molar-refractivity contribution in [2.45, 2.75) is 19.8 Å². The summed E-state index contributed by atoms with van der Waals surface area (Å²) < 4.78 is 0. The van der Waals surface area contributed by atoms with Crippen LogP contribution in [0, 0.1) is 0 Å². The summed E-state index contributed by atoms with van der Waals surface area (Å²) in [4.78, 5) is 4.40. The molecule has 1 heteroatoms. The molecule has 1 aliphatic heterocycles. The van der Waals surface area contributed by atoms with Gasteiger partial charge in [-0.15, -0.1) is 0 Å². The molecule has 0 radical (unpaired) electrons. The van der Waals surface area contributed by atoms with Crippen molar-refractivity contribution >= 4 is 11.9 Å². The van der Waals surface area contributed by atoms with Crippen molar-refractivity contribution in [3.05, 3.63) is 41.5 Å². The first-order chi connectivity index (χ1) is 6.36. The third-order valence-electron chi connectivity index (χ3n) is 2.35. The lowest BCUT2D eigenvalue weighted by Crippen LogP contribution is -1.90.